The number of carbonyl (C=O) groups excluding carboxylic acids is 2. The minimum atomic E-state index is -0.0275. The van der Waals surface area contributed by atoms with E-state index in [0.29, 0.717) is 37.9 Å². The monoisotopic (exact) mass is 480 g/mol. The molecule has 0 N–H and O–H groups in total. The lowest BCUT2D eigenvalue weighted by atomic mass is 10.1. The Hall–Kier alpha value is -1.32. The Morgan fingerprint density at radius 1 is 0.529 bits per heavy atom. The minimum absolute atomic E-state index is 0.0275. The van der Waals surface area contributed by atoms with Crippen LogP contribution in [0.5, 0.6) is 0 Å². The largest absolute Gasteiger partial charge is 0.466 e. The first kappa shape index (κ1) is 32.7. The minimum Gasteiger partial charge on any atom is -0.466 e. The van der Waals surface area contributed by atoms with Gasteiger partial charge in [-0.1, -0.05) is 91.2 Å². The molecule has 0 aliphatic rings. The molecule has 0 fully saturated rings. The Morgan fingerprint density at radius 3 is 1.21 bits per heavy atom. The second-order valence-corrected chi connectivity index (χ2v) is 10.6. The Kier molecular flexibility index (Phi) is 23.8. The molecule has 0 aromatic carbocycles. The van der Waals surface area contributed by atoms with Crippen molar-refractivity contribution < 1.29 is 19.1 Å². The predicted octanol–water partition coefficient (Wildman–Crippen LogP) is 8.96. The van der Waals surface area contributed by atoms with Gasteiger partial charge >= 0.3 is 11.9 Å². The molecule has 0 saturated heterocycles. The summed E-state index contributed by atoms with van der Waals surface area (Å²) < 4.78 is 10.5. The van der Waals surface area contributed by atoms with Crippen LogP contribution in [0.25, 0.3) is 0 Å². The van der Waals surface area contributed by atoms with Crippen molar-refractivity contribution in [2.75, 3.05) is 13.2 Å². The second kappa shape index (κ2) is 24.8. The highest BCUT2D eigenvalue weighted by molar-refractivity contribution is 5.69. The fourth-order valence-electron chi connectivity index (χ4n) is 3.67. The molecule has 4 heteroatoms. The Balaban J connectivity index is 3.26. The molecule has 0 unspecified atom stereocenters. The van der Waals surface area contributed by atoms with Crippen LogP contribution in [0.4, 0.5) is 0 Å². The van der Waals surface area contributed by atoms with Crippen molar-refractivity contribution in [1.82, 2.24) is 0 Å². The molecule has 0 rings (SSSR count). The Labute approximate surface area is 211 Å². The molecule has 0 aromatic rings. The summed E-state index contributed by atoms with van der Waals surface area (Å²) in [7, 11) is 0. The average molecular weight is 481 g/mol. The topological polar surface area (TPSA) is 52.6 Å². The summed E-state index contributed by atoms with van der Waals surface area (Å²) >= 11 is 0. The lowest BCUT2D eigenvalue weighted by Crippen LogP contribution is -2.07. The van der Waals surface area contributed by atoms with E-state index >= 15 is 0 Å². The third-order valence-electron chi connectivity index (χ3n) is 6.09. The van der Waals surface area contributed by atoms with Crippen LogP contribution >= 0.6 is 0 Å². The zero-order valence-electron chi connectivity index (χ0n) is 23.1. The fourth-order valence-corrected chi connectivity index (χ4v) is 3.67. The van der Waals surface area contributed by atoms with Crippen LogP contribution in [0.3, 0.4) is 0 Å². The normalized spacial score (nSPS) is 11.6. The van der Waals surface area contributed by atoms with Gasteiger partial charge in [0.15, 0.2) is 0 Å². The van der Waals surface area contributed by atoms with Gasteiger partial charge in [0.25, 0.3) is 0 Å². The van der Waals surface area contributed by atoms with Crippen LogP contribution in [0.2, 0.25) is 0 Å². The lowest BCUT2D eigenvalue weighted by molar-refractivity contribution is -0.145. The van der Waals surface area contributed by atoms with Crippen LogP contribution in [0.1, 0.15) is 143 Å². The van der Waals surface area contributed by atoms with Gasteiger partial charge in [0, 0.05) is 12.8 Å². The third-order valence-corrected chi connectivity index (χ3v) is 6.09. The summed E-state index contributed by atoms with van der Waals surface area (Å²) in [5, 5.41) is 0. The summed E-state index contributed by atoms with van der Waals surface area (Å²) in [6, 6.07) is 0. The molecule has 0 radical (unpaired) electrons. The maximum atomic E-state index is 11.6. The summed E-state index contributed by atoms with van der Waals surface area (Å²) in [5.41, 5.74) is 0. The third kappa shape index (κ3) is 26.9. The molecular weight excluding hydrogens is 424 g/mol. The zero-order valence-corrected chi connectivity index (χ0v) is 23.1. The van der Waals surface area contributed by atoms with Crippen LogP contribution in [0.15, 0.2) is 12.2 Å². The number of allylic oxidation sites excluding steroid dienone is 2. The average Bonchev–Trinajstić information content (AvgIpc) is 2.77. The smallest absolute Gasteiger partial charge is 0.305 e. The first-order chi connectivity index (χ1) is 16.4. The van der Waals surface area contributed by atoms with E-state index in [0.717, 1.165) is 38.5 Å². The number of rotatable bonds is 24. The first-order valence-corrected chi connectivity index (χ1v) is 14.4. The molecule has 0 heterocycles. The molecule has 0 aromatic heterocycles. The molecule has 0 spiro atoms. The molecule has 34 heavy (non-hydrogen) atoms. The molecule has 0 bridgehead atoms. The van der Waals surface area contributed by atoms with Crippen molar-refractivity contribution in [1.29, 1.82) is 0 Å². The van der Waals surface area contributed by atoms with Gasteiger partial charge in [-0.15, -0.1) is 0 Å². The van der Waals surface area contributed by atoms with E-state index in [2.05, 4.69) is 39.8 Å². The highest BCUT2D eigenvalue weighted by Gasteiger charge is 2.04. The van der Waals surface area contributed by atoms with Crippen molar-refractivity contribution in [2.24, 2.45) is 11.8 Å². The van der Waals surface area contributed by atoms with E-state index < -0.39 is 0 Å². The number of esters is 2. The van der Waals surface area contributed by atoms with E-state index in [1.165, 1.54) is 64.2 Å². The van der Waals surface area contributed by atoms with Gasteiger partial charge in [-0.05, 0) is 63.2 Å². The maximum absolute atomic E-state index is 11.6. The fraction of sp³-hybridized carbons (Fsp3) is 0.867. The van der Waals surface area contributed by atoms with Crippen molar-refractivity contribution in [3.63, 3.8) is 0 Å². The molecular formula is C30H56O4. The van der Waals surface area contributed by atoms with Gasteiger partial charge in [0.05, 0.1) is 13.2 Å². The summed E-state index contributed by atoms with van der Waals surface area (Å²) in [6.07, 6.45) is 24.4. The maximum Gasteiger partial charge on any atom is 0.305 e. The van der Waals surface area contributed by atoms with Crippen LogP contribution in [-0.4, -0.2) is 25.2 Å². The summed E-state index contributed by atoms with van der Waals surface area (Å²) in [4.78, 5) is 23.2. The molecule has 0 aliphatic heterocycles. The highest BCUT2D eigenvalue weighted by Crippen LogP contribution is 2.12. The van der Waals surface area contributed by atoms with Crippen molar-refractivity contribution in [3.05, 3.63) is 12.2 Å². The lowest BCUT2D eigenvalue weighted by Gasteiger charge is -2.06. The second-order valence-electron chi connectivity index (χ2n) is 10.6. The van der Waals surface area contributed by atoms with Gasteiger partial charge in [0.2, 0.25) is 0 Å². The van der Waals surface area contributed by atoms with Crippen molar-refractivity contribution in [2.45, 2.75) is 143 Å². The number of ether oxygens (including phenoxy) is 2. The molecule has 0 aliphatic carbocycles. The molecule has 200 valence electrons. The van der Waals surface area contributed by atoms with Gasteiger partial charge < -0.3 is 9.47 Å². The van der Waals surface area contributed by atoms with Gasteiger partial charge in [-0.2, -0.15) is 0 Å². The van der Waals surface area contributed by atoms with Crippen LogP contribution in [-0.2, 0) is 19.1 Å². The number of carbonyl (C=O) groups is 2. The van der Waals surface area contributed by atoms with E-state index in [-0.39, 0.29) is 11.9 Å². The highest BCUT2D eigenvalue weighted by atomic mass is 16.5. The number of hydrogen-bond acceptors (Lipinski definition) is 4. The molecule has 4 nitrogen and oxygen atoms in total. The summed E-state index contributed by atoms with van der Waals surface area (Å²) in [6.45, 7) is 9.73. The Bertz CT molecular complexity index is 452. The molecule has 0 atom stereocenters. The van der Waals surface area contributed by atoms with E-state index in [1.807, 2.05) is 0 Å². The van der Waals surface area contributed by atoms with Gasteiger partial charge in [-0.3, -0.25) is 9.59 Å². The number of unbranched alkanes of at least 4 members (excludes halogenated alkanes) is 12. The van der Waals surface area contributed by atoms with Gasteiger partial charge in [0.1, 0.15) is 0 Å². The SMILES string of the molecule is CC(C)CCOC(=O)CCCCCCCC/C=C/CCCCCCCCC(=O)OCCC(C)C. The van der Waals surface area contributed by atoms with Gasteiger partial charge in [-0.25, -0.2) is 0 Å². The molecule has 0 saturated carbocycles. The van der Waals surface area contributed by atoms with Crippen molar-refractivity contribution >= 4 is 11.9 Å². The predicted molar refractivity (Wildman–Crippen MR) is 144 cm³/mol. The first-order valence-electron chi connectivity index (χ1n) is 14.4. The molecule has 0 amide bonds. The van der Waals surface area contributed by atoms with E-state index in [9.17, 15) is 9.59 Å². The van der Waals surface area contributed by atoms with Crippen LogP contribution < -0.4 is 0 Å². The van der Waals surface area contributed by atoms with E-state index in [4.69, 9.17) is 9.47 Å². The zero-order chi connectivity index (χ0) is 25.3. The van der Waals surface area contributed by atoms with Crippen molar-refractivity contribution in [3.8, 4) is 0 Å². The standard InChI is InChI=1S/C30H56O4/c1-27(2)23-25-33-29(31)21-19-17-15-13-11-9-7-5-6-8-10-12-14-16-18-20-22-30(32)34-26-24-28(3)4/h5-6,27-28H,7-26H2,1-4H3/b6-5+. The van der Waals surface area contributed by atoms with Crippen LogP contribution in [0, 0.1) is 11.8 Å². The summed E-state index contributed by atoms with van der Waals surface area (Å²) in [5.74, 6) is 1.13. The quantitative estimate of drug-likeness (QED) is 0.0785. The van der Waals surface area contributed by atoms with E-state index in [1.54, 1.807) is 0 Å². The number of hydrogen-bond donors (Lipinski definition) is 0. The Morgan fingerprint density at radius 2 is 0.853 bits per heavy atom.